The zero-order valence-corrected chi connectivity index (χ0v) is 45.0. The maximum Gasteiger partial charge on any atom is 0.269 e. The van der Waals surface area contributed by atoms with Crippen LogP contribution in [0.4, 0.5) is 0 Å². The van der Waals surface area contributed by atoms with Gasteiger partial charge in [-0.3, -0.25) is 13.7 Å². The average Bonchev–Trinajstić information content (AvgIpc) is 1.58. The summed E-state index contributed by atoms with van der Waals surface area (Å²) in [6, 6.07) is 70.4. The minimum Gasteiger partial charge on any atom is -0.458 e. The standard InChI is InChI=1S/C78H48N6O/c1-3-21-50(22-4-1)55-31-18-32-56(51-23-5-2-6-24-51)76(55)81-49-80(71-40-15-16-41-72(71)81)52-25-17-26-53(45-52)85-54-43-44-61-57-27-7-11-36-67(57)82(74(61)46-54)75-47-65-64-34-19-33-62-58-28-8-13-38-69(58)84(77(62)64)73-42-20-35-63-59-29-9-12-37-68(59)83(78(63)73)70-39-14-10-30-60(70)66(65)48-79-75/h1-48H/i1D,2D,3D,4D,5D,6D,21D,22D,23D,24D. The number of pyridine rings is 1. The third-order valence-corrected chi connectivity index (χ3v) is 16.8. The van der Waals surface area contributed by atoms with E-state index in [0.29, 0.717) is 34.0 Å². The molecular weight excluding hydrogens is 1040 g/mol. The van der Waals surface area contributed by atoms with Gasteiger partial charge in [0.05, 0.1) is 80.2 Å². The Kier molecular flexibility index (Phi) is 8.31. The highest BCUT2D eigenvalue weighted by Crippen LogP contribution is 2.43. The highest BCUT2D eigenvalue weighted by atomic mass is 16.5. The number of fused-ring (bicyclic) bond motifs is 16. The van der Waals surface area contributed by atoms with E-state index in [9.17, 15) is 0 Å². The van der Waals surface area contributed by atoms with Gasteiger partial charge in [0, 0.05) is 60.7 Å². The van der Waals surface area contributed by atoms with Gasteiger partial charge >= 0.3 is 0 Å². The fourth-order valence-electron chi connectivity index (χ4n) is 13.3. The van der Waals surface area contributed by atoms with Crippen molar-refractivity contribution in [2.45, 2.75) is 0 Å². The first kappa shape index (κ1) is 38.2. The van der Waals surface area contributed by atoms with Crippen molar-refractivity contribution in [3.63, 3.8) is 0 Å². The van der Waals surface area contributed by atoms with Crippen molar-refractivity contribution in [3.05, 3.63) is 297 Å². The minimum atomic E-state index is -0.574. The van der Waals surface area contributed by atoms with E-state index >= 15 is 0 Å². The molecule has 7 heteroatoms. The van der Waals surface area contributed by atoms with Crippen molar-refractivity contribution in [3.8, 4) is 50.9 Å². The Labute approximate surface area is 501 Å². The molecule has 6 heterocycles. The first-order chi connectivity index (χ1) is 46.3. The maximum atomic E-state index is 9.15. The Bertz CT molecular complexity index is 6340. The highest BCUT2D eigenvalue weighted by molar-refractivity contribution is 6.25. The normalized spacial score (nSPS) is 13.6. The lowest BCUT2D eigenvalue weighted by Gasteiger charge is -2.17. The second kappa shape index (κ2) is 18.5. The van der Waals surface area contributed by atoms with Crippen molar-refractivity contribution in [2.24, 2.45) is 0 Å². The number of imidazole rings is 1. The molecule has 0 amide bonds. The van der Waals surface area contributed by atoms with E-state index in [-0.39, 0.29) is 27.9 Å². The van der Waals surface area contributed by atoms with Crippen molar-refractivity contribution in [2.75, 3.05) is 0 Å². The van der Waals surface area contributed by atoms with Crippen molar-refractivity contribution in [1.29, 1.82) is 0 Å². The molecule has 0 bridgehead atoms. The number of ether oxygens (including phenoxy) is 1. The summed E-state index contributed by atoms with van der Waals surface area (Å²) >= 11 is 0. The predicted molar refractivity (Wildman–Crippen MR) is 349 cm³/mol. The molecule has 85 heavy (non-hydrogen) atoms. The topological polar surface area (TPSA) is 44.7 Å². The number of benzene rings is 12. The first-order valence-electron chi connectivity index (χ1n) is 33.0. The number of hydrogen-bond acceptors (Lipinski definition) is 2. The molecule has 0 spiro atoms. The fraction of sp³-hybridized carbons (Fsp3) is 0. The molecule has 0 saturated carbocycles. The van der Waals surface area contributed by atoms with E-state index in [1.165, 1.54) is 10.8 Å². The minimum absolute atomic E-state index is 0.139. The number of hydrogen-bond donors (Lipinski definition) is 0. The molecule has 0 aliphatic carbocycles. The molecule has 0 atom stereocenters. The van der Waals surface area contributed by atoms with E-state index in [1.54, 1.807) is 22.8 Å². The van der Waals surface area contributed by atoms with Gasteiger partial charge < -0.3 is 13.5 Å². The smallest absolute Gasteiger partial charge is 0.269 e. The first-order valence-corrected chi connectivity index (χ1v) is 28.0. The van der Waals surface area contributed by atoms with Gasteiger partial charge in [-0.15, -0.1) is 0 Å². The SMILES string of the molecule is [2H]c1c([2H])c([2H])c(-c2cccc(-c3c([2H])c([2H])c([2H])c([2H])c3[2H])c2-n2[c-][n+](-c3cccc(Oc4ccc5c6ccccc6n(-c6cc7c(cn6)c6ccccc6n6c8ccccc8c8cccc(c86)n6c8ccccc8c8cccc7c86)c5c4)c3)c3ccccc32)c([2H])c1[2H]. The Balaban J connectivity index is 0.824. The molecule has 0 unspecified atom stereocenters. The summed E-state index contributed by atoms with van der Waals surface area (Å²) in [5.41, 5.74) is 10.4. The third kappa shape index (κ3) is 7.08. The van der Waals surface area contributed by atoms with Crippen LogP contribution in [0.1, 0.15) is 13.7 Å². The number of aromatic nitrogens is 6. The quantitative estimate of drug-likeness (QED) is 0.118. The van der Waals surface area contributed by atoms with Crippen LogP contribution in [0.15, 0.2) is 291 Å². The van der Waals surface area contributed by atoms with Crippen LogP contribution in [-0.2, 0) is 0 Å². The van der Waals surface area contributed by atoms with Crippen LogP contribution in [0.2, 0.25) is 0 Å². The third-order valence-electron chi connectivity index (χ3n) is 16.8. The Hall–Kier alpha value is -11.5. The van der Waals surface area contributed by atoms with Gasteiger partial charge in [-0.05, 0) is 94.4 Å². The van der Waals surface area contributed by atoms with Gasteiger partial charge in [0.25, 0.3) is 6.33 Å². The Morgan fingerprint density at radius 1 is 0.376 bits per heavy atom. The number of rotatable bonds is 7. The molecule has 12 aromatic carbocycles. The van der Waals surface area contributed by atoms with Crippen LogP contribution in [-0.4, -0.2) is 22.9 Å². The molecule has 0 aliphatic rings. The van der Waals surface area contributed by atoms with Crippen LogP contribution in [0.5, 0.6) is 11.5 Å². The molecule has 396 valence electrons. The summed E-state index contributed by atoms with van der Waals surface area (Å²) in [5.74, 6) is 1.75. The lowest BCUT2D eigenvalue weighted by molar-refractivity contribution is -0.572. The molecule has 7 nitrogen and oxygen atoms in total. The zero-order chi connectivity index (χ0) is 64.4. The average molecular weight is 1100 g/mol. The molecule has 6 aromatic heterocycles. The molecular formula is C78H48N6O. The predicted octanol–water partition coefficient (Wildman–Crippen LogP) is 19.3. The lowest BCUT2D eigenvalue weighted by atomic mass is 9.95. The van der Waals surface area contributed by atoms with Crippen molar-refractivity contribution in [1.82, 2.24) is 22.9 Å². The van der Waals surface area contributed by atoms with Gasteiger partial charge in [-0.25, -0.2) is 4.98 Å². The summed E-state index contributed by atoms with van der Waals surface area (Å²) in [5, 5.41) is 10.8. The fourth-order valence-corrected chi connectivity index (χ4v) is 13.3. The lowest BCUT2D eigenvalue weighted by Crippen LogP contribution is -2.29. The summed E-state index contributed by atoms with van der Waals surface area (Å²) < 4.78 is 106. The van der Waals surface area contributed by atoms with Gasteiger partial charge in [0.2, 0.25) is 0 Å². The molecule has 0 saturated heterocycles. The van der Waals surface area contributed by atoms with Crippen LogP contribution in [0.25, 0.3) is 148 Å². The van der Waals surface area contributed by atoms with E-state index in [1.807, 2.05) is 77.5 Å². The van der Waals surface area contributed by atoms with Crippen LogP contribution in [0.3, 0.4) is 0 Å². The summed E-state index contributed by atoms with van der Waals surface area (Å²) in [6.45, 7) is 0. The number of para-hydroxylation sites is 9. The van der Waals surface area contributed by atoms with Crippen LogP contribution >= 0.6 is 0 Å². The van der Waals surface area contributed by atoms with Crippen molar-refractivity contribution < 1.29 is 23.0 Å². The van der Waals surface area contributed by atoms with Crippen LogP contribution < -0.4 is 9.30 Å². The van der Waals surface area contributed by atoms with Gasteiger partial charge in [0.15, 0.2) is 0 Å². The molecule has 0 fully saturated rings. The molecule has 0 radical (unpaired) electrons. The van der Waals surface area contributed by atoms with E-state index in [0.717, 1.165) is 87.2 Å². The van der Waals surface area contributed by atoms with E-state index < -0.39 is 60.4 Å². The highest BCUT2D eigenvalue weighted by Gasteiger charge is 2.23. The van der Waals surface area contributed by atoms with Gasteiger partial charge in [-0.1, -0.05) is 212 Å². The zero-order valence-electron chi connectivity index (χ0n) is 55.0. The summed E-state index contributed by atoms with van der Waals surface area (Å²) in [6.07, 6.45) is 5.53. The molecule has 0 N–H and O–H groups in total. The molecule has 18 rings (SSSR count). The Morgan fingerprint density at radius 2 is 0.871 bits per heavy atom. The summed E-state index contributed by atoms with van der Waals surface area (Å²) in [7, 11) is 0. The largest absolute Gasteiger partial charge is 0.458 e. The number of nitrogens with zero attached hydrogens (tertiary/aromatic N) is 6. The molecule has 0 aliphatic heterocycles. The summed E-state index contributed by atoms with van der Waals surface area (Å²) in [4.78, 5) is 5.47. The monoisotopic (exact) mass is 1090 g/mol. The molecule has 18 aromatic rings. The van der Waals surface area contributed by atoms with Gasteiger partial charge in [-0.2, -0.15) is 0 Å². The van der Waals surface area contributed by atoms with E-state index in [4.69, 9.17) is 23.4 Å². The second-order valence-electron chi connectivity index (χ2n) is 21.3. The Morgan fingerprint density at radius 3 is 1.55 bits per heavy atom. The second-order valence-corrected chi connectivity index (χ2v) is 21.3. The van der Waals surface area contributed by atoms with E-state index in [2.05, 4.69) is 159 Å². The van der Waals surface area contributed by atoms with Crippen molar-refractivity contribution >= 4 is 109 Å². The van der Waals surface area contributed by atoms with Gasteiger partial charge in [0.1, 0.15) is 17.3 Å². The maximum absolute atomic E-state index is 9.15. The van der Waals surface area contributed by atoms with Crippen LogP contribution in [0, 0.1) is 6.33 Å².